The SMILES string of the molecule is CC.CC(C)N1CCN(CC2CCCCC2)CC1. The standard InChI is InChI=1S/C14H28N2.C2H6/c1-13(2)16-10-8-15(9-11-16)12-14-6-4-3-5-7-14;1-2/h13-14H,3-12H2,1-2H3;1-2H3. The Balaban J connectivity index is 0.000000771. The van der Waals surface area contributed by atoms with Crippen LogP contribution in [0.25, 0.3) is 0 Å². The molecule has 2 nitrogen and oxygen atoms in total. The maximum atomic E-state index is 2.70. The molecule has 2 fully saturated rings. The summed E-state index contributed by atoms with van der Waals surface area (Å²) in [4.78, 5) is 5.31. The van der Waals surface area contributed by atoms with E-state index in [1.807, 2.05) is 13.8 Å². The fraction of sp³-hybridized carbons (Fsp3) is 1.00. The van der Waals surface area contributed by atoms with Crippen LogP contribution >= 0.6 is 0 Å². The predicted octanol–water partition coefficient (Wildman–Crippen LogP) is 3.62. The van der Waals surface area contributed by atoms with Crippen molar-refractivity contribution in [3.05, 3.63) is 0 Å². The van der Waals surface area contributed by atoms with Crippen LogP contribution in [-0.4, -0.2) is 48.6 Å². The number of hydrogen-bond acceptors (Lipinski definition) is 2. The van der Waals surface area contributed by atoms with Crippen molar-refractivity contribution in [3.8, 4) is 0 Å². The van der Waals surface area contributed by atoms with Gasteiger partial charge in [-0.05, 0) is 32.6 Å². The summed E-state index contributed by atoms with van der Waals surface area (Å²) in [7, 11) is 0. The van der Waals surface area contributed by atoms with Crippen molar-refractivity contribution in [2.75, 3.05) is 32.7 Å². The van der Waals surface area contributed by atoms with E-state index >= 15 is 0 Å². The van der Waals surface area contributed by atoms with E-state index in [1.54, 1.807) is 0 Å². The molecular formula is C16H34N2. The summed E-state index contributed by atoms with van der Waals surface area (Å²) < 4.78 is 0. The second-order valence-electron chi connectivity index (χ2n) is 5.93. The van der Waals surface area contributed by atoms with Crippen molar-refractivity contribution in [3.63, 3.8) is 0 Å². The van der Waals surface area contributed by atoms with Gasteiger partial charge < -0.3 is 4.90 Å². The first kappa shape index (κ1) is 16.0. The fourth-order valence-electron chi connectivity index (χ4n) is 3.20. The maximum absolute atomic E-state index is 2.70. The van der Waals surface area contributed by atoms with Gasteiger partial charge in [0.15, 0.2) is 0 Å². The minimum Gasteiger partial charge on any atom is -0.301 e. The summed E-state index contributed by atoms with van der Waals surface area (Å²) in [6.45, 7) is 15.2. The zero-order valence-electron chi connectivity index (χ0n) is 13.1. The molecule has 2 rings (SSSR count). The Hall–Kier alpha value is -0.0800. The van der Waals surface area contributed by atoms with E-state index in [-0.39, 0.29) is 0 Å². The summed E-state index contributed by atoms with van der Waals surface area (Å²) in [5.74, 6) is 1.01. The second-order valence-corrected chi connectivity index (χ2v) is 5.93. The van der Waals surface area contributed by atoms with Gasteiger partial charge in [0.2, 0.25) is 0 Å². The molecule has 0 spiro atoms. The molecule has 0 aromatic rings. The molecule has 18 heavy (non-hydrogen) atoms. The molecule has 108 valence electrons. The van der Waals surface area contributed by atoms with E-state index in [1.165, 1.54) is 64.8 Å². The molecule has 1 aliphatic heterocycles. The molecule has 0 bridgehead atoms. The highest BCUT2D eigenvalue weighted by atomic mass is 15.3. The van der Waals surface area contributed by atoms with Crippen LogP contribution in [0, 0.1) is 5.92 Å². The molecule has 2 aliphatic rings. The van der Waals surface area contributed by atoms with E-state index in [9.17, 15) is 0 Å². The molecule has 0 amide bonds. The molecule has 1 aliphatic carbocycles. The van der Waals surface area contributed by atoms with Gasteiger partial charge in [-0.3, -0.25) is 4.90 Å². The molecule has 0 radical (unpaired) electrons. The number of rotatable bonds is 3. The van der Waals surface area contributed by atoms with Crippen LogP contribution in [0.1, 0.15) is 59.8 Å². The summed E-state index contributed by atoms with van der Waals surface area (Å²) in [6, 6.07) is 0.733. The molecule has 0 aromatic heterocycles. The summed E-state index contributed by atoms with van der Waals surface area (Å²) in [5, 5.41) is 0. The topological polar surface area (TPSA) is 6.48 Å². The van der Waals surface area contributed by atoms with Crippen LogP contribution in [0.5, 0.6) is 0 Å². The van der Waals surface area contributed by atoms with Crippen LogP contribution in [-0.2, 0) is 0 Å². The highest BCUT2D eigenvalue weighted by Crippen LogP contribution is 2.24. The van der Waals surface area contributed by atoms with Gasteiger partial charge in [0.05, 0.1) is 0 Å². The van der Waals surface area contributed by atoms with Crippen LogP contribution < -0.4 is 0 Å². The lowest BCUT2D eigenvalue weighted by Crippen LogP contribution is -2.49. The Morgan fingerprint density at radius 2 is 1.44 bits per heavy atom. The average Bonchev–Trinajstić information content (AvgIpc) is 2.43. The molecule has 1 saturated heterocycles. The highest BCUT2D eigenvalue weighted by Gasteiger charge is 2.22. The van der Waals surface area contributed by atoms with Crippen molar-refractivity contribution in [2.24, 2.45) is 5.92 Å². The van der Waals surface area contributed by atoms with Crippen molar-refractivity contribution in [1.29, 1.82) is 0 Å². The lowest BCUT2D eigenvalue weighted by atomic mass is 9.89. The van der Waals surface area contributed by atoms with Crippen LogP contribution in [0.3, 0.4) is 0 Å². The Bertz CT molecular complexity index is 189. The molecule has 0 N–H and O–H groups in total. The summed E-state index contributed by atoms with van der Waals surface area (Å²) in [6.07, 6.45) is 7.43. The molecular weight excluding hydrogens is 220 g/mol. The lowest BCUT2D eigenvalue weighted by molar-refractivity contribution is 0.0909. The van der Waals surface area contributed by atoms with Crippen LogP contribution in [0.15, 0.2) is 0 Å². The average molecular weight is 254 g/mol. The van der Waals surface area contributed by atoms with Gasteiger partial charge in [0.1, 0.15) is 0 Å². The lowest BCUT2D eigenvalue weighted by Gasteiger charge is -2.38. The van der Waals surface area contributed by atoms with Gasteiger partial charge in [-0.2, -0.15) is 0 Å². The van der Waals surface area contributed by atoms with E-state index in [0.717, 1.165) is 12.0 Å². The number of nitrogens with zero attached hydrogens (tertiary/aromatic N) is 2. The first-order valence-corrected chi connectivity index (χ1v) is 8.22. The third kappa shape index (κ3) is 5.27. The summed E-state index contributed by atoms with van der Waals surface area (Å²) in [5.41, 5.74) is 0. The van der Waals surface area contributed by atoms with E-state index in [4.69, 9.17) is 0 Å². The monoisotopic (exact) mass is 254 g/mol. The van der Waals surface area contributed by atoms with Crippen molar-refractivity contribution in [2.45, 2.75) is 65.8 Å². The van der Waals surface area contributed by atoms with E-state index in [0.29, 0.717) is 0 Å². The van der Waals surface area contributed by atoms with E-state index in [2.05, 4.69) is 23.6 Å². The number of hydrogen-bond donors (Lipinski definition) is 0. The van der Waals surface area contributed by atoms with Gasteiger partial charge in [-0.25, -0.2) is 0 Å². The zero-order valence-corrected chi connectivity index (χ0v) is 13.1. The highest BCUT2D eigenvalue weighted by molar-refractivity contribution is 4.77. The van der Waals surface area contributed by atoms with Crippen LogP contribution in [0.2, 0.25) is 0 Å². The van der Waals surface area contributed by atoms with Crippen molar-refractivity contribution in [1.82, 2.24) is 9.80 Å². The van der Waals surface area contributed by atoms with Gasteiger partial charge in [0.25, 0.3) is 0 Å². The van der Waals surface area contributed by atoms with Crippen LogP contribution in [0.4, 0.5) is 0 Å². The normalized spacial score (nSPS) is 23.8. The quantitative estimate of drug-likeness (QED) is 0.759. The minimum atomic E-state index is 0.733. The summed E-state index contributed by atoms with van der Waals surface area (Å²) >= 11 is 0. The van der Waals surface area contributed by atoms with Crippen molar-refractivity contribution >= 4 is 0 Å². The molecule has 0 aromatic carbocycles. The predicted molar refractivity (Wildman–Crippen MR) is 81.1 cm³/mol. The Morgan fingerprint density at radius 1 is 0.889 bits per heavy atom. The van der Waals surface area contributed by atoms with E-state index < -0.39 is 0 Å². The molecule has 2 heteroatoms. The Labute approximate surface area is 115 Å². The Morgan fingerprint density at radius 3 is 1.94 bits per heavy atom. The first-order chi connectivity index (χ1) is 8.75. The van der Waals surface area contributed by atoms with Gasteiger partial charge in [-0.15, -0.1) is 0 Å². The third-order valence-electron chi connectivity index (χ3n) is 4.38. The molecule has 0 unspecified atom stereocenters. The largest absolute Gasteiger partial charge is 0.301 e. The molecule has 1 heterocycles. The smallest absolute Gasteiger partial charge is 0.0113 e. The van der Waals surface area contributed by atoms with Crippen molar-refractivity contribution < 1.29 is 0 Å². The Kier molecular flexibility index (Phi) is 7.92. The maximum Gasteiger partial charge on any atom is 0.0113 e. The molecule has 0 atom stereocenters. The van der Waals surface area contributed by atoms with Gasteiger partial charge in [0, 0.05) is 38.8 Å². The minimum absolute atomic E-state index is 0.733. The number of piperazine rings is 1. The zero-order chi connectivity index (χ0) is 13.4. The third-order valence-corrected chi connectivity index (χ3v) is 4.38. The first-order valence-electron chi connectivity index (χ1n) is 8.22. The fourth-order valence-corrected chi connectivity index (χ4v) is 3.20. The molecule has 1 saturated carbocycles. The van der Waals surface area contributed by atoms with Gasteiger partial charge in [-0.1, -0.05) is 33.1 Å². The second kappa shape index (κ2) is 8.92. The van der Waals surface area contributed by atoms with Gasteiger partial charge >= 0.3 is 0 Å².